The highest BCUT2D eigenvalue weighted by Gasteiger charge is 2.53. The van der Waals surface area contributed by atoms with Crippen LogP contribution in [0.1, 0.15) is 64.1 Å². The van der Waals surface area contributed by atoms with E-state index in [9.17, 15) is 32.9 Å². The average molecular weight is 658 g/mol. The highest BCUT2D eigenvalue weighted by Crippen LogP contribution is 2.56. The lowest BCUT2D eigenvalue weighted by molar-refractivity contribution is -0.387. The van der Waals surface area contributed by atoms with E-state index < -0.39 is 43.1 Å². The van der Waals surface area contributed by atoms with E-state index in [1.165, 1.54) is 25.1 Å². The van der Waals surface area contributed by atoms with Gasteiger partial charge in [-0.3, -0.25) is 19.6 Å². The normalized spacial score (nSPS) is 15.8. The van der Waals surface area contributed by atoms with Crippen LogP contribution in [0, 0.1) is 10.1 Å². The van der Waals surface area contributed by atoms with Crippen molar-refractivity contribution in [1.82, 2.24) is 0 Å². The van der Waals surface area contributed by atoms with Crippen molar-refractivity contribution >= 4 is 44.9 Å². The van der Waals surface area contributed by atoms with E-state index in [-0.39, 0.29) is 35.3 Å². The van der Waals surface area contributed by atoms with E-state index in [2.05, 4.69) is 10.0 Å². The Morgan fingerprint density at radius 2 is 1.62 bits per heavy atom. The summed E-state index contributed by atoms with van der Waals surface area (Å²) in [5.74, 6) is -1.33. The first-order valence-corrected chi connectivity index (χ1v) is 16.0. The molecule has 2 N–H and O–H groups in total. The van der Waals surface area contributed by atoms with Crippen LogP contribution in [0.2, 0.25) is 0 Å². The summed E-state index contributed by atoms with van der Waals surface area (Å²) in [5.41, 5.74) is -0.280. The number of unbranched alkanes of at least 4 members (excludes halogenated alkanes) is 1. The van der Waals surface area contributed by atoms with Crippen molar-refractivity contribution in [2.75, 3.05) is 16.6 Å². The predicted molar refractivity (Wildman–Crippen MR) is 168 cm³/mol. The van der Waals surface area contributed by atoms with Crippen LogP contribution in [0.15, 0.2) is 83.8 Å². The maximum atomic E-state index is 13.5. The zero-order chi connectivity index (χ0) is 33.5. The Kier molecular flexibility index (Phi) is 7.89. The lowest BCUT2D eigenvalue weighted by Gasteiger charge is -2.36. The van der Waals surface area contributed by atoms with E-state index in [1.807, 2.05) is 6.92 Å². The molecule has 1 unspecified atom stereocenters. The van der Waals surface area contributed by atoms with Crippen molar-refractivity contribution < 1.29 is 41.9 Å². The minimum absolute atomic E-state index is 0.0182. The van der Waals surface area contributed by atoms with Gasteiger partial charge in [-0.15, -0.1) is 0 Å². The minimum Gasteiger partial charge on any atom is -0.462 e. The number of anilines is 2. The van der Waals surface area contributed by atoms with Gasteiger partial charge in [0.2, 0.25) is 5.91 Å². The molecule has 0 radical (unpaired) electrons. The van der Waals surface area contributed by atoms with Gasteiger partial charge in [0.15, 0.2) is 10.5 Å². The molecule has 1 atom stereocenters. The average Bonchev–Trinajstić information content (AvgIpc) is 3.32. The Morgan fingerprint density at radius 1 is 0.936 bits per heavy atom. The van der Waals surface area contributed by atoms with Gasteiger partial charge in [0.1, 0.15) is 11.5 Å². The number of nitrogens with zero attached hydrogens (tertiary/aromatic N) is 1. The summed E-state index contributed by atoms with van der Waals surface area (Å²) in [6.07, 6.45) is 1.38. The first-order chi connectivity index (χ1) is 22.4. The molecule has 13 nitrogen and oxygen atoms in total. The van der Waals surface area contributed by atoms with Gasteiger partial charge >= 0.3 is 11.9 Å². The van der Waals surface area contributed by atoms with Crippen molar-refractivity contribution in [1.29, 1.82) is 0 Å². The van der Waals surface area contributed by atoms with Crippen molar-refractivity contribution in [2.45, 2.75) is 37.2 Å². The molecular weight excluding hydrogens is 630 g/mol. The molecule has 0 fully saturated rings. The summed E-state index contributed by atoms with van der Waals surface area (Å²) in [7, 11) is -4.58. The van der Waals surface area contributed by atoms with Crippen LogP contribution >= 0.6 is 0 Å². The smallest absolute Gasteiger partial charge is 0.340 e. The topological polar surface area (TPSA) is 180 Å². The van der Waals surface area contributed by atoms with Crippen molar-refractivity contribution in [3.63, 3.8) is 0 Å². The lowest BCUT2D eigenvalue weighted by Crippen LogP contribution is -2.33. The number of hydrogen-bond donors (Lipinski definition) is 2. The number of rotatable bonds is 9. The third-order valence-electron chi connectivity index (χ3n) is 7.70. The summed E-state index contributed by atoms with van der Waals surface area (Å²) in [6.45, 7) is 3.38. The molecule has 0 saturated carbocycles. The zero-order valence-corrected chi connectivity index (χ0v) is 25.9. The number of amides is 1. The fourth-order valence-corrected chi connectivity index (χ4v) is 6.84. The lowest BCUT2D eigenvalue weighted by atomic mass is 9.77. The quantitative estimate of drug-likeness (QED) is 0.0955. The highest BCUT2D eigenvalue weighted by molar-refractivity contribution is 7.92. The van der Waals surface area contributed by atoms with Crippen molar-refractivity contribution in [3.05, 3.63) is 117 Å². The van der Waals surface area contributed by atoms with Gasteiger partial charge in [0.25, 0.3) is 15.7 Å². The fourth-order valence-electron chi connectivity index (χ4n) is 5.64. The van der Waals surface area contributed by atoms with E-state index in [0.717, 1.165) is 24.6 Å². The number of nitro benzene ring substituents is 1. The number of benzene rings is 4. The van der Waals surface area contributed by atoms with Crippen molar-refractivity contribution in [3.8, 4) is 11.5 Å². The van der Waals surface area contributed by atoms with E-state index >= 15 is 0 Å². The van der Waals surface area contributed by atoms with Gasteiger partial charge in [-0.2, -0.15) is 0 Å². The van der Waals surface area contributed by atoms with Gasteiger partial charge in [0, 0.05) is 47.5 Å². The maximum Gasteiger partial charge on any atom is 0.340 e. The molecule has 2 heterocycles. The Hall–Kier alpha value is -5.76. The van der Waals surface area contributed by atoms with E-state index in [0.29, 0.717) is 34.4 Å². The summed E-state index contributed by atoms with van der Waals surface area (Å²) < 4.78 is 46.8. The second kappa shape index (κ2) is 11.9. The molecule has 1 amide bonds. The van der Waals surface area contributed by atoms with Crippen LogP contribution in [-0.2, 0) is 29.9 Å². The standard InChI is InChI=1S/C33H27N3O10S/c1-3-4-15-44-31(38)20-9-14-30(27(16-20)36(40)41)47(42,43)35-22-11-13-26-29(18-22)45-28-17-21(34-19(2)37)10-12-25(28)33(26)24-8-6-5-7-23(24)32(39)46-33/h5-14,16-18,35H,3-4,15H2,1-2H3,(H,34,37). The SMILES string of the molecule is CCCCOC(=O)c1ccc(S(=O)(=O)Nc2ccc3c(c2)Oc2cc(NC(C)=O)ccc2C32OC(=O)c3ccccc32)c([N+](=O)[O-])c1. The first kappa shape index (κ1) is 31.2. The Bertz CT molecular complexity index is 2100. The number of nitrogens with one attached hydrogen (secondary N) is 2. The molecule has 240 valence electrons. The second-order valence-corrected chi connectivity index (χ2v) is 12.5. The van der Waals surface area contributed by atoms with E-state index in [4.69, 9.17) is 14.2 Å². The molecule has 0 bridgehead atoms. The van der Waals surface area contributed by atoms with Gasteiger partial charge in [-0.1, -0.05) is 31.5 Å². The number of fused-ring (bicyclic) bond motifs is 6. The number of ether oxygens (including phenoxy) is 3. The summed E-state index contributed by atoms with van der Waals surface area (Å²) in [6, 6.07) is 19.0. The second-order valence-electron chi connectivity index (χ2n) is 10.9. The molecule has 0 aromatic heterocycles. The Labute approximate surface area is 268 Å². The predicted octanol–water partition coefficient (Wildman–Crippen LogP) is 5.88. The number of esters is 2. The number of nitro groups is 1. The molecule has 0 saturated heterocycles. The van der Waals surface area contributed by atoms with Gasteiger partial charge < -0.3 is 19.5 Å². The third-order valence-corrected chi connectivity index (χ3v) is 9.13. The molecule has 1 spiro atoms. The number of carbonyl (C=O) groups is 3. The molecule has 47 heavy (non-hydrogen) atoms. The number of sulfonamides is 1. The molecule has 14 heteroatoms. The Balaban J connectivity index is 1.40. The van der Waals surface area contributed by atoms with Crippen molar-refractivity contribution in [2.24, 2.45) is 0 Å². The summed E-state index contributed by atoms with van der Waals surface area (Å²) in [4.78, 5) is 47.6. The zero-order valence-electron chi connectivity index (χ0n) is 25.1. The summed E-state index contributed by atoms with van der Waals surface area (Å²) in [5, 5.41) is 14.6. The van der Waals surface area contributed by atoms with Crippen LogP contribution in [0.4, 0.5) is 17.1 Å². The largest absolute Gasteiger partial charge is 0.462 e. The van der Waals surface area contributed by atoms with Gasteiger partial charge in [-0.25, -0.2) is 18.0 Å². The molecule has 0 aliphatic carbocycles. The third kappa shape index (κ3) is 5.52. The molecule has 4 aromatic rings. The van der Waals surface area contributed by atoms with Gasteiger partial charge in [0.05, 0.1) is 28.3 Å². The van der Waals surface area contributed by atoms with Crippen LogP contribution in [0.3, 0.4) is 0 Å². The van der Waals surface area contributed by atoms with Crippen LogP contribution < -0.4 is 14.8 Å². The van der Waals surface area contributed by atoms with E-state index in [1.54, 1.807) is 42.5 Å². The van der Waals surface area contributed by atoms with Crippen LogP contribution in [-0.4, -0.2) is 37.8 Å². The molecular formula is C33H27N3O10S. The van der Waals surface area contributed by atoms with Crippen LogP contribution in [0.25, 0.3) is 0 Å². The van der Waals surface area contributed by atoms with Crippen LogP contribution in [0.5, 0.6) is 11.5 Å². The number of carbonyl (C=O) groups excluding carboxylic acids is 3. The summed E-state index contributed by atoms with van der Waals surface area (Å²) >= 11 is 0. The molecule has 2 aliphatic heterocycles. The fraction of sp³-hybridized carbons (Fsp3) is 0.182. The van der Waals surface area contributed by atoms with Gasteiger partial charge in [-0.05, 0) is 48.9 Å². The minimum atomic E-state index is -4.58. The monoisotopic (exact) mass is 657 g/mol. The highest BCUT2D eigenvalue weighted by atomic mass is 32.2. The first-order valence-electron chi connectivity index (χ1n) is 14.5. The molecule has 6 rings (SSSR count). The number of hydrogen-bond acceptors (Lipinski definition) is 10. The Morgan fingerprint density at radius 3 is 2.30 bits per heavy atom. The molecule has 4 aromatic carbocycles. The molecule has 2 aliphatic rings. The maximum absolute atomic E-state index is 13.5.